The van der Waals surface area contributed by atoms with E-state index in [0.29, 0.717) is 10.0 Å². The van der Waals surface area contributed by atoms with Gasteiger partial charge in [0.2, 0.25) is 0 Å². The molecule has 0 amide bonds. The summed E-state index contributed by atoms with van der Waals surface area (Å²) in [7, 11) is 0. The molecular weight excluding hydrogens is 607 g/mol. The van der Waals surface area contributed by atoms with Crippen LogP contribution in [-0.2, 0) is 64.6 Å². The molecule has 4 aromatic carbocycles. The molecule has 44 heavy (non-hydrogen) atoms. The summed E-state index contributed by atoms with van der Waals surface area (Å²) < 4.78 is 19.6. The minimum Gasteiger partial charge on any atom is -0.452 e. The Labute approximate surface area is 265 Å². The summed E-state index contributed by atoms with van der Waals surface area (Å²) in [6, 6.07) is 28.5. The zero-order chi connectivity index (χ0) is 31.9. The molecule has 0 saturated carbocycles. The van der Waals surface area contributed by atoms with Crippen molar-refractivity contribution < 1.29 is 38.1 Å². The first-order valence-electron chi connectivity index (χ1n) is 13.4. The van der Waals surface area contributed by atoms with E-state index in [1.165, 1.54) is 0 Å². The molecule has 0 aliphatic rings. The van der Waals surface area contributed by atoms with E-state index in [-0.39, 0.29) is 26.4 Å². The van der Waals surface area contributed by atoms with Gasteiger partial charge in [-0.25, -0.2) is 19.2 Å². The van der Waals surface area contributed by atoms with Gasteiger partial charge in [0, 0.05) is 10.0 Å². The average Bonchev–Trinajstić information content (AvgIpc) is 3.03. The molecule has 0 unspecified atom stereocenters. The maximum atomic E-state index is 11.6. The third kappa shape index (κ3) is 12.3. The van der Waals surface area contributed by atoms with Crippen molar-refractivity contribution in [3.63, 3.8) is 0 Å². The first kappa shape index (κ1) is 33.8. The van der Waals surface area contributed by atoms with Crippen molar-refractivity contribution >= 4 is 47.1 Å². The van der Waals surface area contributed by atoms with E-state index in [1.54, 1.807) is 48.5 Å². The van der Waals surface area contributed by atoms with Gasteiger partial charge < -0.3 is 18.9 Å². The van der Waals surface area contributed by atoms with E-state index in [9.17, 15) is 19.2 Å². The van der Waals surface area contributed by atoms with Crippen LogP contribution in [0.3, 0.4) is 0 Å². The molecule has 8 nitrogen and oxygen atoms in total. The minimum atomic E-state index is -1.04. The molecule has 0 aliphatic heterocycles. The van der Waals surface area contributed by atoms with Crippen LogP contribution in [0.1, 0.15) is 33.4 Å². The van der Waals surface area contributed by atoms with Crippen LogP contribution in [0.2, 0.25) is 10.0 Å². The highest BCUT2D eigenvalue weighted by atomic mass is 35.5. The van der Waals surface area contributed by atoms with Gasteiger partial charge in [-0.15, -0.1) is 0 Å². The molecule has 4 rings (SSSR count). The number of aryl methyl sites for hydroxylation is 2. The van der Waals surface area contributed by atoms with Crippen molar-refractivity contribution in [2.45, 2.75) is 40.3 Å². The first-order chi connectivity index (χ1) is 21.1. The predicted octanol–water partition coefficient (Wildman–Crippen LogP) is 6.87. The van der Waals surface area contributed by atoms with Crippen LogP contribution in [0.15, 0.2) is 97.1 Å². The minimum absolute atomic E-state index is 0.0218. The Morgan fingerprint density at radius 1 is 0.409 bits per heavy atom. The van der Waals surface area contributed by atoms with E-state index in [1.807, 2.05) is 62.4 Å². The highest BCUT2D eigenvalue weighted by molar-refractivity contribution is 6.31. The normalized spacial score (nSPS) is 10.1. The molecule has 0 N–H and O–H groups in total. The lowest BCUT2D eigenvalue weighted by Gasteiger charge is -2.06. The SMILES string of the molecule is Cc1ccc(COC(=O)C(=O)OCc2ccc(C)cc2)cc1.O=C(OCc1ccc(Cl)cc1)C(=O)OCc1ccc(Cl)cc1. The lowest BCUT2D eigenvalue weighted by atomic mass is 10.2. The largest absolute Gasteiger partial charge is 0.452 e. The molecule has 0 bridgehead atoms. The quantitative estimate of drug-likeness (QED) is 0.117. The van der Waals surface area contributed by atoms with Crippen LogP contribution in [-0.4, -0.2) is 23.9 Å². The fourth-order valence-electron chi connectivity index (χ4n) is 3.36. The van der Waals surface area contributed by atoms with Gasteiger partial charge in [0.25, 0.3) is 0 Å². The summed E-state index contributed by atoms with van der Waals surface area (Å²) in [5.41, 5.74) is 5.34. The predicted molar refractivity (Wildman–Crippen MR) is 164 cm³/mol. The molecule has 0 heterocycles. The fraction of sp³-hybridized carbons (Fsp3) is 0.176. The Morgan fingerprint density at radius 3 is 0.841 bits per heavy atom. The van der Waals surface area contributed by atoms with Gasteiger partial charge in [-0.05, 0) is 60.4 Å². The van der Waals surface area contributed by atoms with Crippen LogP contribution >= 0.6 is 23.2 Å². The zero-order valence-corrected chi connectivity index (χ0v) is 25.6. The van der Waals surface area contributed by atoms with Gasteiger partial charge >= 0.3 is 23.9 Å². The summed E-state index contributed by atoms with van der Waals surface area (Å²) >= 11 is 11.5. The van der Waals surface area contributed by atoms with E-state index < -0.39 is 23.9 Å². The fourth-order valence-corrected chi connectivity index (χ4v) is 3.61. The van der Waals surface area contributed by atoms with Gasteiger partial charge in [0.05, 0.1) is 0 Å². The number of ether oxygens (including phenoxy) is 4. The summed E-state index contributed by atoms with van der Waals surface area (Å²) in [5.74, 6) is -4.03. The van der Waals surface area contributed by atoms with E-state index in [0.717, 1.165) is 33.4 Å². The number of benzene rings is 4. The number of esters is 4. The molecule has 0 radical (unpaired) electrons. The first-order valence-corrected chi connectivity index (χ1v) is 14.1. The standard InChI is InChI=1S/C18H18O4.C16H12Cl2O4/c1-13-3-7-15(8-4-13)11-21-17(19)18(20)22-12-16-9-5-14(2)6-10-16;17-13-5-1-11(2-6-13)9-21-15(19)16(20)22-10-12-3-7-14(18)8-4-12/h3-10H,11-12H2,1-2H3;1-8H,9-10H2. The van der Waals surface area contributed by atoms with Crippen LogP contribution in [0.5, 0.6) is 0 Å². The van der Waals surface area contributed by atoms with Gasteiger partial charge in [-0.2, -0.15) is 0 Å². The molecule has 0 fully saturated rings. The van der Waals surface area contributed by atoms with Crippen LogP contribution < -0.4 is 0 Å². The Kier molecular flexibility index (Phi) is 13.4. The third-order valence-electron chi connectivity index (χ3n) is 5.88. The monoisotopic (exact) mass is 636 g/mol. The molecular formula is C34H30Cl2O8. The van der Waals surface area contributed by atoms with Crippen molar-refractivity contribution in [2.75, 3.05) is 0 Å². The Hall–Kier alpha value is -4.66. The number of carbonyl (C=O) groups excluding carboxylic acids is 4. The van der Waals surface area contributed by atoms with Crippen molar-refractivity contribution in [1.82, 2.24) is 0 Å². The highest BCUT2D eigenvalue weighted by Gasteiger charge is 2.18. The molecule has 0 saturated heterocycles. The van der Waals surface area contributed by atoms with E-state index in [2.05, 4.69) is 0 Å². The Morgan fingerprint density at radius 2 is 0.614 bits per heavy atom. The number of hydrogen-bond acceptors (Lipinski definition) is 8. The maximum Gasteiger partial charge on any atom is 0.417 e. The Bertz CT molecular complexity index is 1290. The number of carbonyl (C=O) groups is 4. The molecule has 0 aromatic heterocycles. The molecule has 0 atom stereocenters. The van der Waals surface area contributed by atoms with Crippen LogP contribution in [0.4, 0.5) is 0 Å². The van der Waals surface area contributed by atoms with Crippen molar-refractivity contribution in [3.8, 4) is 0 Å². The second kappa shape index (κ2) is 17.5. The molecule has 0 spiro atoms. The van der Waals surface area contributed by atoms with Crippen LogP contribution in [0.25, 0.3) is 0 Å². The maximum absolute atomic E-state index is 11.6. The molecule has 228 valence electrons. The summed E-state index contributed by atoms with van der Waals surface area (Å²) in [6.07, 6.45) is 0. The van der Waals surface area contributed by atoms with Gasteiger partial charge in [-0.1, -0.05) is 107 Å². The molecule has 0 aliphatic carbocycles. The van der Waals surface area contributed by atoms with Gasteiger partial charge in [0.1, 0.15) is 26.4 Å². The molecule has 4 aromatic rings. The third-order valence-corrected chi connectivity index (χ3v) is 6.38. The topological polar surface area (TPSA) is 105 Å². The Balaban J connectivity index is 0.000000240. The number of halogens is 2. The van der Waals surface area contributed by atoms with Crippen molar-refractivity contribution in [2.24, 2.45) is 0 Å². The van der Waals surface area contributed by atoms with Gasteiger partial charge in [0.15, 0.2) is 0 Å². The van der Waals surface area contributed by atoms with E-state index >= 15 is 0 Å². The lowest BCUT2D eigenvalue weighted by Crippen LogP contribution is -2.20. The smallest absolute Gasteiger partial charge is 0.417 e. The van der Waals surface area contributed by atoms with E-state index in [4.69, 9.17) is 42.1 Å². The second-order valence-corrected chi connectivity index (χ2v) is 10.4. The number of rotatable bonds is 8. The van der Waals surface area contributed by atoms with Crippen molar-refractivity contribution in [3.05, 3.63) is 140 Å². The average molecular weight is 638 g/mol. The highest BCUT2D eigenvalue weighted by Crippen LogP contribution is 2.12. The molecule has 10 heteroatoms. The summed E-state index contributed by atoms with van der Waals surface area (Å²) in [6.45, 7) is 4.01. The summed E-state index contributed by atoms with van der Waals surface area (Å²) in [4.78, 5) is 46.2. The second-order valence-electron chi connectivity index (χ2n) is 9.53. The van der Waals surface area contributed by atoms with Crippen LogP contribution in [0, 0.1) is 13.8 Å². The van der Waals surface area contributed by atoms with Crippen molar-refractivity contribution in [1.29, 1.82) is 0 Å². The van der Waals surface area contributed by atoms with Gasteiger partial charge in [-0.3, -0.25) is 0 Å². The number of hydrogen-bond donors (Lipinski definition) is 0. The zero-order valence-electron chi connectivity index (χ0n) is 24.1. The summed E-state index contributed by atoms with van der Waals surface area (Å²) in [5, 5.41) is 1.16. The lowest BCUT2D eigenvalue weighted by molar-refractivity contribution is -0.169.